The highest BCUT2D eigenvalue weighted by Gasteiger charge is 2.48. The van der Waals surface area contributed by atoms with Gasteiger partial charge in [-0.15, -0.1) is 0 Å². The van der Waals surface area contributed by atoms with E-state index in [4.69, 9.17) is 30.2 Å². The van der Waals surface area contributed by atoms with Gasteiger partial charge in [0.2, 0.25) is 11.9 Å². The van der Waals surface area contributed by atoms with Gasteiger partial charge >= 0.3 is 0 Å². The number of pyridine rings is 1. The minimum atomic E-state index is -0.0208. The maximum atomic E-state index is 6.04. The first-order valence-electron chi connectivity index (χ1n) is 12.5. The normalized spacial score (nSPS) is 21.4. The fourth-order valence-corrected chi connectivity index (χ4v) is 5.20. The number of nitrogens with two attached hydrogens (primary N) is 1. The van der Waals surface area contributed by atoms with Crippen LogP contribution in [-0.2, 0) is 9.47 Å². The minimum absolute atomic E-state index is 0.0208. The number of morpholine rings is 2. The van der Waals surface area contributed by atoms with Crippen LogP contribution in [0.15, 0.2) is 36.5 Å². The molecular weight excluding hydrogens is 456 g/mol. The summed E-state index contributed by atoms with van der Waals surface area (Å²) in [6, 6.07) is 10.3. The van der Waals surface area contributed by atoms with Gasteiger partial charge in [0.25, 0.3) is 0 Å². The summed E-state index contributed by atoms with van der Waals surface area (Å²) in [5, 5.41) is 1.88. The van der Waals surface area contributed by atoms with Crippen molar-refractivity contribution in [2.45, 2.75) is 31.4 Å². The third-order valence-electron chi connectivity index (χ3n) is 7.40. The Morgan fingerprint density at radius 1 is 1.03 bits per heavy atom. The van der Waals surface area contributed by atoms with Crippen molar-refractivity contribution in [3.8, 4) is 11.3 Å². The minimum Gasteiger partial charge on any atom is -0.377 e. The molecule has 36 heavy (non-hydrogen) atoms. The van der Waals surface area contributed by atoms with Gasteiger partial charge in [0, 0.05) is 36.8 Å². The number of rotatable bonds is 3. The summed E-state index contributed by atoms with van der Waals surface area (Å²) in [7, 11) is 0. The summed E-state index contributed by atoms with van der Waals surface area (Å²) in [6.45, 7) is 6.60. The molecule has 2 aliphatic heterocycles. The van der Waals surface area contributed by atoms with Crippen LogP contribution < -0.4 is 15.5 Å². The summed E-state index contributed by atoms with van der Waals surface area (Å²) in [5.41, 5.74) is 9.05. The van der Waals surface area contributed by atoms with Gasteiger partial charge in [-0.25, -0.2) is 15.0 Å². The molecule has 0 amide bonds. The van der Waals surface area contributed by atoms with Gasteiger partial charge < -0.3 is 25.0 Å². The molecule has 1 atom stereocenters. The summed E-state index contributed by atoms with van der Waals surface area (Å²) < 4.78 is 11.7. The average molecular weight is 485 g/mol. The zero-order valence-electron chi connectivity index (χ0n) is 20.2. The molecule has 3 fully saturated rings. The van der Waals surface area contributed by atoms with Crippen LogP contribution in [0.5, 0.6) is 0 Å². The Bertz CT molecular complexity index is 1470. The highest BCUT2D eigenvalue weighted by atomic mass is 16.5. The molecule has 2 saturated heterocycles. The van der Waals surface area contributed by atoms with Crippen molar-refractivity contribution in [1.29, 1.82) is 0 Å². The Hall–Kier alpha value is -3.63. The first-order valence-corrected chi connectivity index (χ1v) is 12.5. The third kappa shape index (κ3) is 3.77. The number of nitrogen functional groups attached to an aromatic ring is 1. The van der Waals surface area contributed by atoms with E-state index in [-0.39, 0.29) is 17.6 Å². The lowest BCUT2D eigenvalue weighted by Crippen LogP contribution is -2.46. The smallest absolute Gasteiger partial charge is 0.229 e. The number of fused-ring (bicyclic) bond motifs is 2. The molecule has 1 saturated carbocycles. The van der Waals surface area contributed by atoms with Crippen LogP contribution in [0.4, 0.5) is 17.7 Å². The number of nitrogens with zero attached hydrogens (tertiary/aromatic N) is 7. The molecule has 1 aliphatic carbocycles. The van der Waals surface area contributed by atoms with Crippen molar-refractivity contribution in [3.05, 3.63) is 36.5 Å². The second kappa shape index (κ2) is 8.21. The lowest BCUT2D eigenvalue weighted by atomic mass is 10.1. The molecule has 0 radical (unpaired) electrons. The van der Waals surface area contributed by atoms with Gasteiger partial charge in [-0.05, 0) is 38.0 Å². The fraction of sp³-hybridized carbons (Fsp3) is 0.423. The van der Waals surface area contributed by atoms with Crippen molar-refractivity contribution >= 4 is 39.7 Å². The van der Waals surface area contributed by atoms with Crippen LogP contribution in [0.1, 0.15) is 19.8 Å². The van der Waals surface area contributed by atoms with Gasteiger partial charge in [0.1, 0.15) is 5.82 Å². The molecule has 4 aromatic rings. The predicted molar refractivity (Wildman–Crippen MR) is 138 cm³/mol. The van der Waals surface area contributed by atoms with Gasteiger partial charge in [0.15, 0.2) is 5.65 Å². The van der Waals surface area contributed by atoms with Crippen LogP contribution in [0, 0.1) is 0 Å². The van der Waals surface area contributed by atoms with E-state index < -0.39 is 0 Å². The van der Waals surface area contributed by atoms with E-state index in [1.54, 1.807) is 6.20 Å². The Morgan fingerprint density at radius 3 is 2.81 bits per heavy atom. The number of benzene rings is 1. The van der Waals surface area contributed by atoms with Gasteiger partial charge in [-0.2, -0.15) is 9.97 Å². The fourth-order valence-electron chi connectivity index (χ4n) is 5.20. The molecule has 184 valence electrons. The Morgan fingerprint density at radius 2 is 1.94 bits per heavy atom. The highest BCUT2D eigenvalue weighted by molar-refractivity contribution is 5.91. The number of hydrogen-bond donors (Lipinski definition) is 1. The molecule has 10 heteroatoms. The van der Waals surface area contributed by atoms with Crippen molar-refractivity contribution in [3.63, 3.8) is 0 Å². The van der Waals surface area contributed by atoms with Crippen molar-refractivity contribution in [2.24, 2.45) is 0 Å². The van der Waals surface area contributed by atoms with E-state index in [2.05, 4.69) is 32.8 Å². The molecule has 5 heterocycles. The Kier molecular flexibility index (Phi) is 4.93. The summed E-state index contributed by atoms with van der Waals surface area (Å²) >= 11 is 0. The molecule has 2 N–H and O–H groups in total. The largest absolute Gasteiger partial charge is 0.377 e. The molecule has 10 nitrogen and oxygen atoms in total. The molecule has 7 rings (SSSR count). The molecule has 3 aromatic heterocycles. The van der Waals surface area contributed by atoms with Crippen LogP contribution >= 0.6 is 0 Å². The lowest BCUT2D eigenvalue weighted by Gasteiger charge is -2.36. The Balaban J connectivity index is 1.35. The zero-order valence-corrected chi connectivity index (χ0v) is 20.2. The highest BCUT2D eigenvalue weighted by Crippen LogP contribution is 2.43. The average Bonchev–Trinajstić information content (AvgIpc) is 3.65. The maximum Gasteiger partial charge on any atom is 0.229 e. The SMILES string of the molecule is C[C@H]1COCCN1c1nc(N2CCOC3(CC3)C2)nc2nc(-c3ccc4cnc(N)nc4c3)ccc12. The molecule has 0 unspecified atom stereocenters. The second-order valence-electron chi connectivity index (χ2n) is 9.99. The standard InChI is InChI=1S/C26H28N8O2/c1-16-14-35-10-9-34(16)23-19-4-5-20(17-2-3-18-13-28-24(27)30-21(18)12-17)29-22(19)31-25(32-23)33-8-11-36-26(15-33)6-7-26/h2-5,12-13,16H,6-11,14-15H2,1H3,(H2,27,28,30)/t16-/m0/s1. The van der Waals surface area contributed by atoms with E-state index in [9.17, 15) is 0 Å². The summed E-state index contributed by atoms with van der Waals surface area (Å²) in [6.07, 6.45) is 3.94. The molecule has 1 spiro atoms. The van der Waals surface area contributed by atoms with Crippen molar-refractivity contribution < 1.29 is 9.47 Å². The van der Waals surface area contributed by atoms with Crippen molar-refractivity contribution in [2.75, 3.05) is 55.0 Å². The monoisotopic (exact) mass is 484 g/mol. The third-order valence-corrected chi connectivity index (χ3v) is 7.40. The van der Waals surface area contributed by atoms with Crippen LogP contribution in [0.2, 0.25) is 0 Å². The van der Waals surface area contributed by atoms with Crippen molar-refractivity contribution in [1.82, 2.24) is 24.9 Å². The van der Waals surface area contributed by atoms with Gasteiger partial charge in [0.05, 0.1) is 48.1 Å². The molecule has 1 aromatic carbocycles. The predicted octanol–water partition coefficient (Wildman–Crippen LogP) is 2.81. The molecule has 0 bridgehead atoms. The topological polar surface area (TPSA) is 115 Å². The lowest BCUT2D eigenvalue weighted by molar-refractivity contribution is 0.0201. The number of anilines is 3. The number of ether oxygens (including phenoxy) is 2. The van der Waals surface area contributed by atoms with E-state index in [0.29, 0.717) is 25.5 Å². The second-order valence-corrected chi connectivity index (χ2v) is 9.99. The van der Waals surface area contributed by atoms with E-state index in [1.165, 1.54) is 0 Å². The first kappa shape index (κ1) is 21.6. The van der Waals surface area contributed by atoms with E-state index >= 15 is 0 Å². The van der Waals surface area contributed by atoms with Gasteiger partial charge in [-0.1, -0.05) is 12.1 Å². The van der Waals surface area contributed by atoms with Gasteiger partial charge in [-0.3, -0.25) is 0 Å². The first-order chi connectivity index (χ1) is 17.6. The molecule has 3 aliphatic rings. The molecular formula is C26H28N8O2. The zero-order chi connectivity index (χ0) is 24.3. The van der Waals surface area contributed by atoms with E-state index in [1.807, 2.05) is 24.3 Å². The Labute approximate surface area is 208 Å². The summed E-state index contributed by atoms with van der Waals surface area (Å²) in [4.78, 5) is 28.1. The quantitative estimate of drug-likeness (QED) is 0.465. The number of aromatic nitrogens is 5. The number of hydrogen-bond acceptors (Lipinski definition) is 10. The van der Waals surface area contributed by atoms with Crippen LogP contribution in [0.3, 0.4) is 0 Å². The maximum absolute atomic E-state index is 6.04. The van der Waals surface area contributed by atoms with Crippen LogP contribution in [0.25, 0.3) is 33.2 Å². The van der Waals surface area contributed by atoms with E-state index in [0.717, 1.165) is 71.8 Å². The summed E-state index contributed by atoms with van der Waals surface area (Å²) in [5.74, 6) is 1.89. The van der Waals surface area contributed by atoms with Crippen LogP contribution in [-0.4, -0.2) is 76.0 Å².